The van der Waals surface area contributed by atoms with Crippen molar-refractivity contribution in [1.82, 2.24) is 10.6 Å². The first-order chi connectivity index (χ1) is 6.27. The highest BCUT2D eigenvalue weighted by molar-refractivity contribution is 7.98. The monoisotopic (exact) mass is 201 g/mol. The second kappa shape index (κ2) is 5.37. The lowest BCUT2D eigenvalue weighted by Gasteiger charge is -2.10. The summed E-state index contributed by atoms with van der Waals surface area (Å²) in [6, 6.07) is 0.653. The Kier molecular flexibility index (Phi) is 4.42. The highest BCUT2D eigenvalue weighted by Crippen LogP contribution is 2.28. The van der Waals surface area contributed by atoms with Crippen LogP contribution in [-0.4, -0.2) is 37.6 Å². The molecule has 13 heavy (non-hydrogen) atoms. The molecule has 0 aromatic rings. The van der Waals surface area contributed by atoms with E-state index in [1.54, 1.807) is 0 Å². The number of thioether (sulfide) groups is 1. The summed E-state index contributed by atoms with van der Waals surface area (Å²) in [6.07, 6.45) is 3.39. The molecule has 1 saturated carbocycles. The van der Waals surface area contributed by atoms with E-state index < -0.39 is 0 Å². The Morgan fingerprint density at radius 3 is 2.77 bits per heavy atom. The third-order valence-corrected chi connectivity index (χ3v) is 2.87. The molecule has 0 aliphatic heterocycles. The molecule has 0 saturated heterocycles. The number of hydrogen-bond acceptors (Lipinski definition) is 2. The first-order valence-electron chi connectivity index (χ1n) is 4.74. The molecule has 3 nitrogen and oxygen atoms in total. The van der Waals surface area contributed by atoms with Crippen molar-refractivity contribution in [1.29, 1.82) is 0 Å². The maximum atomic E-state index is 4.16. The Hall–Kier alpha value is -0.380. The molecule has 0 radical (unpaired) electrons. The van der Waals surface area contributed by atoms with E-state index in [-0.39, 0.29) is 0 Å². The molecule has 0 amide bonds. The summed E-state index contributed by atoms with van der Waals surface area (Å²) in [5.41, 5.74) is 0. The largest absolute Gasteiger partial charge is 0.356 e. The molecule has 2 atom stereocenters. The Balaban J connectivity index is 2.12. The van der Waals surface area contributed by atoms with Gasteiger partial charge in [0.2, 0.25) is 0 Å². The van der Waals surface area contributed by atoms with Crippen LogP contribution in [0.15, 0.2) is 4.99 Å². The Labute approximate surface area is 84.8 Å². The summed E-state index contributed by atoms with van der Waals surface area (Å²) in [6.45, 7) is 3.24. The molecule has 2 N–H and O–H groups in total. The van der Waals surface area contributed by atoms with Crippen LogP contribution in [0.5, 0.6) is 0 Å². The van der Waals surface area contributed by atoms with Crippen molar-refractivity contribution in [3.05, 3.63) is 0 Å². The number of aliphatic imine (C=N–C) groups is 1. The number of guanidine groups is 1. The van der Waals surface area contributed by atoms with Gasteiger partial charge in [-0.25, -0.2) is 0 Å². The van der Waals surface area contributed by atoms with Crippen LogP contribution in [0.2, 0.25) is 0 Å². The van der Waals surface area contributed by atoms with Gasteiger partial charge in [0, 0.05) is 25.4 Å². The predicted octanol–water partition coefficient (Wildman–Crippen LogP) is 0.923. The van der Waals surface area contributed by atoms with Crippen molar-refractivity contribution < 1.29 is 0 Å². The molecule has 0 heterocycles. The van der Waals surface area contributed by atoms with E-state index in [0.717, 1.165) is 24.2 Å². The lowest BCUT2D eigenvalue weighted by molar-refractivity contribution is 0.775. The Morgan fingerprint density at radius 1 is 1.62 bits per heavy atom. The van der Waals surface area contributed by atoms with Crippen LogP contribution in [0.25, 0.3) is 0 Å². The number of hydrogen-bond donors (Lipinski definition) is 2. The summed E-state index contributed by atoms with van der Waals surface area (Å²) in [5, 5.41) is 6.66. The molecule has 0 aromatic heterocycles. The lowest BCUT2D eigenvalue weighted by atomic mass is 10.5. The van der Waals surface area contributed by atoms with E-state index >= 15 is 0 Å². The quantitative estimate of drug-likeness (QED) is 0.403. The number of rotatable bonds is 4. The van der Waals surface area contributed by atoms with Crippen LogP contribution >= 0.6 is 11.8 Å². The lowest BCUT2D eigenvalue weighted by Crippen LogP contribution is -2.40. The maximum absolute atomic E-state index is 4.16. The smallest absolute Gasteiger partial charge is 0.191 e. The first-order valence-corrected chi connectivity index (χ1v) is 6.13. The third-order valence-electron chi connectivity index (χ3n) is 2.25. The van der Waals surface area contributed by atoms with Crippen molar-refractivity contribution in [3.8, 4) is 0 Å². The van der Waals surface area contributed by atoms with Crippen LogP contribution < -0.4 is 10.6 Å². The van der Waals surface area contributed by atoms with Crippen molar-refractivity contribution in [2.24, 2.45) is 10.9 Å². The molecule has 1 rings (SSSR count). The summed E-state index contributed by atoms with van der Waals surface area (Å²) < 4.78 is 0. The molecule has 76 valence electrons. The second-order valence-corrected chi connectivity index (χ2v) is 4.44. The van der Waals surface area contributed by atoms with Gasteiger partial charge in [-0.05, 0) is 18.6 Å². The molecule has 0 spiro atoms. The van der Waals surface area contributed by atoms with Crippen LogP contribution in [0.1, 0.15) is 13.3 Å². The molecule has 1 aliphatic rings. The zero-order valence-electron chi connectivity index (χ0n) is 8.63. The maximum Gasteiger partial charge on any atom is 0.191 e. The van der Waals surface area contributed by atoms with E-state index in [4.69, 9.17) is 0 Å². The van der Waals surface area contributed by atoms with E-state index in [0.29, 0.717) is 6.04 Å². The second-order valence-electron chi connectivity index (χ2n) is 3.46. The molecule has 0 aromatic carbocycles. The summed E-state index contributed by atoms with van der Waals surface area (Å²) in [5.74, 6) is 2.89. The van der Waals surface area contributed by atoms with Gasteiger partial charge in [0.05, 0.1) is 0 Å². The molecule has 4 heteroatoms. The highest BCUT2D eigenvalue weighted by Gasteiger charge is 2.32. The fourth-order valence-electron chi connectivity index (χ4n) is 1.16. The van der Waals surface area contributed by atoms with Crippen LogP contribution in [-0.2, 0) is 0 Å². The SMILES string of the molecule is CN=C(NCCSC)NC1CC1C. The molecule has 0 bridgehead atoms. The predicted molar refractivity (Wildman–Crippen MR) is 60.4 cm³/mol. The highest BCUT2D eigenvalue weighted by atomic mass is 32.2. The van der Waals surface area contributed by atoms with Crippen molar-refractivity contribution in [2.75, 3.05) is 25.6 Å². The van der Waals surface area contributed by atoms with Crippen molar-refractivity contribution >= 4 is 17.7 Å². The molecule has 1 aliphatic carbocycles. The average Bonchev–Trinajstić information content (AvgIpc) is 2.80. The van der Waals surface area contributed by atoms with Gasteiger partial charge >= 0.3 is 0 Å². The summed E-state index contributed by atoms with van der Waals surface area (Å²) in [4.78, 5) is 4.16. The Morgan fingerprint density at radius 2 is 2.31 bits per heavy atom. The summed E-state index contributed by atoms with van der Waals surface area (Å²) in [7, 11) is 1.82. The fourth-order valence-corrected chi connectivity index (χ4v) is 1.47. The van der Waals surface area contributed by atoms with Gasteiger partial charge in [0.25, 0.3) is 0 Å². The van der Waals surface area contributed by atoms with E-state index in [2.05, 4.69) is 28.8 Å². The van der Waals surface area contributed by atoms with Crippen molar-refractivity contribution in [3.63, 3.8) is 0 Å². The van der Waals surface area contributed by atoms with Crippen LogP contribution in [0.4, 0.5) is 0 Å². The van der Waals surface area contributed by atoms with Crippen molar-refractivity contribution in [2.45, 2.75) is 19.4 Å². The molecular weight excluding hydrogens is 182 g/mol. The summed E-state index contributed by atoms with van der Waals surface area (Å²) >= 11 is 1.84. The Bertz CT molecular complexity index is 182. The topological polar surface area (TPSA) is 36.4 Å². The third kappa shape index (κ3) is 3.89. The van der Waals surface area contributed by atoms with Gasteiger partial charge in [0.15, 0.2) is 5.96 Å². The normalized spacial score (nSPS) is 27.2. The minimum atomic E-state index is 0.653. The van der Waals surface area contributed by atoms with E-state index in [9.17, 15) is 0 Å². The van der Waals surface area contributed by atoms with Gasteiger partial charge in [-0.1, -0.05) is 6.92 Å². The van der Waals surface area contributed by atoms with Gasteiger partial charge in [0.1, 0.15) is 0 Å². The first kappa shape index (κ1) is 10.7. The van der Waals surface area contributed by atoms with Gasteiger partial charge in [-0.3, -0.25) is 4.99 Å². The zero-order chi connectivity index (χ0) is 9.68. The van der Waals surface area contributed by atoms with Crippen LogP contribution in [0, 0.1) is 5.92 Å². The van der Waals surface area contributed by atoms with E-state index in [1.165, 1.54) is 6.42 Å². The fraction of sp³-hybridized carbons (Fsp3) is 0.889. The van der Waals surface area contributed by atoms with Gasteiger partial charge < -0.3 is 10.6 Å². The standard InChI is InChI=1S/C9H19N3S/c1-7-6-8(7)12-9(10-2)11-4-5-13-3/h7-8H,4-6H2,1-3H3,(H2,10,11,12). The minimum Gasteiger partial charge on any atom is -0.356 e. The minimum absolute atomic E-state index is 0.653. The van der Waals surface area contributed by atoms with E-state index in [1.807, 2.05) is 18.8 Å². The molecule has 2 unspecified atom stereocenters. The van der Waals surface area contributed by atoms with Gasteiger partial charge in [-0.2, -0.15) is 11.8 Å². The zero-order valence-corrected chi connectivity index (χ0v) is 9.45. The molecular formula is C9H19N3S. The molecule has 1 fully saturated rings. The number of nitrogens with one attached hydrogen (secondary N) is 2. The number of nitrogens with zero attached hydrogens (tertiary/aromatic N) is 1. The van der Waals surface area contributed by atoms with Crippen LogP contribution in [0.3, 0.4) is 0 Å². The average molecular weight is 201 g/mol. The van der Waals surface area contributed by atoms with Gasteiger partial charge in [-0.15, -0.1) is 0 Å².